The van der Waals surface area contributed by atoms with Crippen molar-refractivity contribution in [1.29, 1.82) is 5.26 Å². The monoisotopic (exact) mass is 334 g/mol. The highest BCUT2D eigenvalue weighted by molar-refractivity contribution is 6.02. The molecule has 0 amide bonds. The zero-order chi connectivity index (χ0) is 17.8. The fourth-order valence-corrected chi connectivity index (χ4v) is 2.78. The lowest BCUT2D eigenvalue weighted by molar-refractivity contribution is 0.374. The number of aromatic nitrogens is 1. The number of hydrogen-bond donors (Lipinski definition) is 1. The van der Waals surface area contributed by atoms with Crippen molar-refractivity contribution in [3.63, 3.8) is 0 Å². The highest BCUT2D eigenvalue weighted by Gasteiger charge is 2.15. The Kier molecular flexibility index (Phi) is 4.62. The third-order valence-electron chi connectivity index (χ3n) is 4.04. The van der Waals surface area contributed by atoms with E-state index in [4.69, 9.17) is 14.2 Å². The maximum Gasteiger partial charge on any atom is 0.133 e. The van der Waals surface area contributed by atoms with Crippen molar-refractivity contribution in [2.45, 2.75) is 0 Å². The Balaban J connectivity index is 2.20. The molecule has 1 N–H and O–H groups in total. The van der Waals surface area contributed by atoms with Gasteiger partial charge in [0.05, 0.1) is 38.5 Å². The quantitative estimate of drug-likeness (QED) is 0.708. The zero-order valence-electron chi connectivity index (χ0n) is 14.3. The van der Waals surface area contributed by atoms with Crippen LogP contribution in [0.4, 0.5) is 0 Å². The van der Waals surface area contributed by atoms with Crippen LogP contribution in [0.5, 0.6) is 17.2 Å². The Labute approximate surface area is 146 Å². The summed E-state index contributed by atoms with van der Waals surface area (Å²) >= 11 is 0. The molecule has 3 aromatic rings. The molecule has 0 aliphatic carbocycles. The average Bonchev–Trinajstić information content (AvgIpc) is 3.09. The first-order chi connectivity index (χ1) is 12.2. The van der Waals surface area contributed by atoms with Crippen LogP contribution in [-0.4, -0.2) is 26.3 Å². The second-order valence-corrected chi connectivity index (χ2v) is 5.36. The smallest absolute Gasteiger partial charge is 0.133 e. The third kappa shape index (κ3) is 3.02. The summed E-state index contributed by atoms with van der Waals surface area (Å²) < 4.78 is 16.2. The molecule has 25 heavy (non-hydrogen) atoms. The number of allylic oxidation sites excluding steroid dienone is 1. The van der Waals surface area contributed by atoms with Gasteiger partial charge < -0.3 is 19.2 Å². The molecule has 0 radical (unpaired) electrons. The number of nitrogens with zero attached hydrogens (tertiary/aromatic N) is 1. The van der Waals surface area contributed by atoms with E-state index >= 15 is 0 Å². The summed E-state index contributed by atoms with van der Waals surface area (Å²) in [5.74, 6) is 1.77. The van der Waals surface area contributed by atoms with Gasteiger partial charge in [-0.25, -0.2) is 0 Å². The minimum absolute atomic E-state index is 0.513. The number of para-hydroxylation sites is 1. The van der Waals surface area contributed by atoms with Crippen molar-refractivity contribution in [2.24, 2.45) is 0 Å². The molecule has 0 unspecified atom stereocenters. The minimum Gasteiger partial charge on any atom is -0.496 e. The number of aromatic amines is 1. The van der Waals surface area contributed by atoms with E-state index in [1.165, 1.54) is 0 Å². The number of hydrogen-bond acceptors (Lipinski definition) is 4. The van der Waals surface area contributed by atoms with Gasteiger partial charge in [-0.15, -0.1) is 0 Å². The highest BCUT2D eigenvalue weighted by Crippen LogP contribution is 2.37. The molecule has 2 aromatic carbocycles. The van der Waals surface area contributed by atoms with Crippen molar-refractivity contribution in [3.8, 4) is 23.3 Å². The van der Waals surface area contributed by atoms with Crippen LogP contribution in [0.3, 0.4) is 0 Å². The molecular weight excluding hydrogens is 316 g/mol. The van der Waals surface area contributed by atoms with Gasteiger partial charge in [0.25, 0.3) is 0 Å². The lowest BCUT2D eigenvalue weighted by Gasteiger charge is -2.13. The van der Waals surface area contributed by atoms with Crippen molar-refractivity contribution < 1.29 is 14.2 Å². The third-order valence-corrected chi connectivity index (χ3v) is 4.04. The summed E-state index contributed by atoms with van der Waals surface area (Å²) in [5.41, 5.74) is 3.01. The normalized spacial score (nSPS) is 11.2. The predicted octanol–water partition coefficient (Wildman–Crippen LogP) is 4.26. The average molecular weight is 334 g/mol. The first-order valence-electron chi connectivity index (χ1n) is 7.70. The van der Waals surface area contributed by atoms with Gasteiger partial charge in [-0.05, 0) is 12.1 Å². The summed E-state index contributed by atoms with van der Waals surface area (Å²) in [7, 11) is 4.73. The fraction of sp³-hybridized carbons (Fsp3) is 0.150. The summed E-state index contributed by atoms with van der Waals surface area (Å²) in [6.07, 6.45) is 3.61. The Bertz CT molecular complexity index is 955. The molecule has 0 spiro atoms. The van der Waals surface area contributed by atoms with Crippen molar-refractivity contribution >= 4 is 22.6 Å². The van der Waals surface area contributed by atoms with Crippen LogP contribution in [0.2, 0.25) is 0 Å². The van der Waals surface area contributed by atoms with Gasteiger partial charge in [0.2, 0.25) is 0 Å². The lowest BCUT2D eigenvalue weighted by Crippen LogP contribution is -1.95. The van der Waals surface area contributed by atoms with E-state index in [2.05, 4.69) is 11.1 Å². The topological polar surface area (TPSA) is 67.3 Å². The molecular formula is C20H18N2O3. The van der Waals surface area contributed by atoms with Gasteiger partial charge >= 0.3 is 0 Å². The summed E-state index contributed by atoms with van der Waals surface area (Å²) in [6.45, 7) is 0. The largest absolute Gasteiger partial charge is 0.496 e. The van der Waals surface area contributed by atoms with Gasteiger partial charge in [-0.3, -0.25) is 0 Å². The molecule has 0 saturated carbocycles. The van der Waals surface area contributed by atoms with Crippen molar-refractivity contribution in [3.05, 3.63) is 53.7 Å². The van der Waals surface area contributed by atoms with Crippen LogP contribution < -0.4 is 14.2 Å². The molecule has 0 fully saturated rings. The Morgan fingerprint density at radius 3 is 2.32 bits per heavy atom. The van der Waals surface area contributed by atoms with E-state index in [0.717, 1.165) is 16.5 Å². The molecule has 5 nitrogen and oxygen atoms in total. The maximum atomic E-state index is 9.71. The van der Waals surface area contributed by atoms with Crippen LogP contribution in [0.25, 0.3) is 22.6 Å². The molecule has 0 aliphatic heterocycles. The van der Waals surface area contributed by atoms with Crippen LogP contribution in [0, 0.1) is 11.3 Å². The molecule has 5 heteroatoms. The molecule has 0 atom stereocenters. The number of benzene rings is 2. The number of nitrogens with one attached hydrogen (secondary N) is 1. The van der Waals surface area contributed by atoms with E-state index in [1.54, 1.807) is 39.5 Å². The molecule has 0 bridgehead atoms. The lowest BCUT2D eigenvalue weighted by atomic mass is 10.0. The van der Waals surface area contributed by atoms with Gasteiger partial charge in [0.1, 0.15) is 17.2 Å². The SMILES string of the molecule is COc1cc(OC)c(/C=C(\C#N)c2c[nH]c3ccccc23)c(OC)c1. The van der Waals surface area contributed by atoms with Crippen LogP contribution >= 0.6 is 0 Å². The molecule has 1 heterocycles. The van der Waals surface area contributed by atoms with Crippen molar-refractivity contribution in [1.82, 2.24) is 4.98 Å². The molecule has 126 valence electrons. The highest BCUT2D eigenvalue weighted by atomic mass is 16.5. The number of ether oxygens (including phenoxy) is 3. The van der Waals surface area contributed by atoms with E-state index in [9.17, 15) is 5.26 Å². The standard InChI is InChI=1S/C20H18N2O3/c1-23-14-9-19(24-2)16(20(10-14)25-3)8-13(11-21)17-12-22-18-7-5-4-6-15(17)18/h4-10,12,22H,1-3H3/b13-8+. The van der Waals surface area contributed by atoms with Gasteiger partial charge in [-0.2, -0.15) is 5.26 Å². The first-order valence-corrected chi connectivity index (χ1v) is 7.70. The van der Waals surface area contributed by atoms with E-state index in [1.807, 2.05) is 30.5 Å². The van der Waals surface area contributed by atoms with E-state index in [0.29, 0.717) is 28.4 Å². The summed E-state index contributed by atoms with van der Waals surface area (Å²) in [5, 5.41) is 10.7. The first kappa shape index (κ1) is 16.5. The second kappa shape index (κ2) is 7.02. The second-order valence-electron chi connectivity index (χ2n) is 5.36. The molecule has 1 aromatic heterocycles. The number of rotatable bonds is 5. The Hall–Kier alpha value is -3.39. The summed E-state index contributed by atoms with van der Waals surface area (Å²) in [6, 6.07) is 13.7. The summed E-state index contributed by atoms with van der Waals surface area (Å²) in [4.78, 5) is 3.19. The number of nitriles is 1. The molecule has 0 aliphatic rings. The van der Waals surface area contributed by atoms with Gasteiger partial charge in [-0.1, -0.05) is 18.2 Å². The number of H-pyrrole nitrogens is 1. The van der Waals surface area contributed by atoms with Crippen LogP contribution in [0.15, 0.2) is 42.6 Å². The van der Waals surface area contributed by atoms with Crippen LogP contribution in [-0.2, 0) is 0 Å². The number of methoxy groups -OCH3 is 3. The fourth-order valence-electron chi connectivity index (χ4n) is 2.78. The molecule has 3 rings (SSSR count). The number of fused-ring (bicyclic) bond motifs is 1. The Morgan fingerprint density at radius 1 is 1.04 bits per heavy atom. The van der Waals surface area contributed by atoms with Crippen LogP contribution in [0.1, 0.15) is 11.1 Å². The van der Waals surface area contributed by atoms with E-state index in [-0.39, 0.29) is 0 Å². The molecule has 0 saturated heterocycles. The predicted molar refractivity (Wildman–Crippen MR) is 97.9 cm³/mol. The zero-order valence-corrected chi connectivity index (χ0v) is 14.3. The van der Waals surface area contributed by atoms with Gasteiger partial charge in [0, 0.05) is 34.8 Å². The van der Waals surface area contributed by atoms with Gasteiger partial charge in [0.15, 0.2) is 0 Å². The minimum atomic E-state index is 0.513. The maximum absolute atomic E-state index is 9.71. The Morgan fingerprint density at radius 2 is 1.72 bits per heavy atom. The van der Waals surface area contributed by atoms with Crippen molar-refractivity contribution in [2.75, 3.05) is 21.3 Å². The van der Waals surface area contributed by atoms with E-state index < -0.39 is 0 Å².